The molecule has 2 aromatic rings. The predicted molar refractivity (Wildman–Crippen MR) is 89.3 cm³/mol. The smallest absolute Gasteiger partial charge is 0.339 e. The minimum absolute atomic E-state index is 0.260. The van der Waals surface area contributed by atoms with E-state index in [9.17, 15) is 19.5 Å². The molecule has 1 aliphatic heterocycles. The average Bonchev–Trinajstić information content (AvgIpc) is 3.43. The number of esters is 2. The number of benzene rings is 2. The third-order valence-electron chi connectivity index (χ3n) is 5.05. The van der Waals surface area contributed by atoms with Crippen LogP contribution in [0.15, 0.2) is 54.6 Å². The first-order chi connectivity index (χ1) is 12.5. The van der Waals surface area contributed by atoms with E-state index in [0.717, 1.165) is 0 Å². The SMILES string of the molecule is O=C1OC(COC(=O)C2(C(=O)O)CC2)(c2ccccc2)c2ccccc21. The van der Waals surface area contributed by atoms with Gasteiger partial charge in [0.25, 0.3) is 0 Å². The summed E-state index contributed by atoms with van der Waals surface area (Å²) in [4.78, 5) is 36.0. The van der Waals surface area contributed by atoms with E-state index in [1.807, 2.05) is 6.07 Å². The Kier molecular flexibility index (Phi) is 3.57. The summed E-state index contributed by atoms with van der Waals surface area (Å²) in [5, 5.41) is 9.26. The Morgan fingerprint density at radius 1 is 1.04 bits per heavy atom. The van der Waals surface area contributed by atoms with Crippen molar-refractivity contribution in [1.82, 2.24) is 0 Å². The summed E-state index contributed by atoms with van der Waals surface area (Å²) < 4.78 is 11.1. The fourth-order valence-corrected chi connectivity index (χ4v) is 3.33. The van der Waals surface area contributed by atoms with Gasteiger partial charge in [-0.1, -0.05) is 48.5 Å². The molecule has 1 aliphatic carbocycles. The number of ether oxygens (including phenoxy) is 2. The van der Waals surface area contributed by atoms with Gasteiger partial charge in [0.2, 0.25) is 0 Å². The highest BCUT2D eigenvalue weighted by Gasteiger charge is 2.59. The standard InChI is InChI=1S/C20H16O6/c21-16-14-8-4-5-9-15(14)20(26-16,13-6-2-1-3-7-13)12-25-18(24)19(10-11-19)17(22)23/h1-9H,10-12H2,(H,22,23). The van der Waals surface area contributed by atoms with Gasteiger partial charge in [-0.15, -0.1) is 0 Å². The van der Waals surface area contributed by atoms with Crippen LogP contribution in [0.4, 0.5) is 0 Å². The lowest BCUT2D eigenvalue weighted by Crippen LogP contribution is -2.37. The van der Waals surface area contributed by atoms with Crippen LogP contribution in [0.1, 0.15) is 34.3 Å². The van der Waals surface area contributed by atoms with Crippen molar-refractivity contribution in [3.05, 3.63) is 71.3 Å². The quantitative estimate of drug-likeness (QED) is 0.657. The first-order valence-corrected chi connectivity index (χ1v) is 8.29. The molecule has 4 rings (SSSR count). The summed E-state index contributed by atoms with van der Waals surface area (Å²) in [5.74, 6) is -2.47. The fourth-order valence-electron chi connectivity index (χ4n) is 3.33. The van der Waals surface area contributed by atoms with E-state index in [1.165, 1.54) is 0 Å². The Bertz CT molecular complexity index is 900. The second kappa shape index (κ2) is 5.69. The molecule has 1 saturated carbocycles. The van der Waals surface area contributed by atoms with Crippen molar-refractivity contribution in [2.24, 2.45) is 5.41 Å². The highest BCUT2D eigenvalue weighted by atomic mass is 16.6. The van der Waals surface area contributed by atoms with Crippen molar-refractivity contribution >= 4 is 17.9 Å². The highest BCUT2D eigenvalue weighted by Crippen LogP contribution is 2.48. The van der Waals surface area contributed by atoms with E-state index in [2.05, 4.69) is 0 Å². The second-order valence-corrected chi connectivity index (χ2v) is 6.59. The van der Waals surface area contributed by atoms with Gasteiger partial charge >= 0.3 is 17.9 Å². The minimum Gasteiger partial charge on any atom is -0.480 e. The molecule has 0 saturated heterocycles. The van der Waals surface area contributed by atoms with Crippen LogP contribution in [0.25, 0.3) is 0 Å². The zero-order valence-corrected chi connectivity index (χ0v) is 13.8. The van der Waals surface area contributed by atoms with Crippen LogP contribution in [-0.4, -0.2) is 29.6 Å². The molecule has 26 heavy (non-hydrogen) atoms. The highest BCUT2D eigenvalue weighted by molar-refractivity contribution is 6.02. The first-order valence-electron chi connectivity index (χ1n) is 8.29. The third kappa shape index (κ3) is 2.29. The lowest BCUT2D eigenvalue weighted by atomic mass is 9.86. The molecule has 0 spiro atoms. The summed E-state index contributed by atoms with van der Waals surface area (Å²) in [7, 11) is 0. The number of carboxylic acids is 1. The third-order valence-corrected chi connectivity index (χ3v) is 5.05. The molecule has 1 fully saturated rings. The van der Waals surface area contributed by atoms with Crippen LogP contribution in [-0.2, 0) is 24.7 Å². The lowest BCUT2D eigenvalue weighted by Gasteiger charge is -2.29. The lowest BCUT2D eigenvalue weighted by molar-refractivity contribution is -0.165. The molecule has 0 amide bonds. The van der Waals surface area contributed by atoms with Crippen LogP contribution in [0.2, 0.25) is 0 Å². The van der Waals surface area contributed by atoms with Crippen LogP contribution < -0.4 is 0 Å². The van der Waals surface area contributed by atoms with Gasteiger partial charge in [0.15, 0.2) is 11.0 Å². The Labute approximate surface area is 149 Å². The zero-order valence-electron chi connectivity index (χ0n) is 13.8. The van der Waals surface area contributed by atoms with Gasteiger partial charge < -0.3 is 14.6 Å². The van der Waals surface area contributed by atoms with Gasteiger partial charge in [0, 0.05) is 11.1 Å². The van der Waals surface area contributed by atoms with E-state index in [1.54, 1.807) is 48.5 Å². The molecule has 2 aromatic carbocycles. The van der Waals surface area contributed by atoms with Gasteiger partial charge in [-0.05, 0) is 18.9 Å². The minimum atomic E-state index is -1.46. The van der Waals surface area contributed by atoms with Crippen LogP contribution in [0.5, 0.6) is 0 Å². The van der Waals surface area contributed by atoms with Crippen molar-refractivity contribution in [3.63, 3.8) is 0 Å². The maximum atomic E-state index is 12.4. The largest absolute Gasteiger partial charge is 0.480 e. The summed E-state index contributed by atoms with van der Waals surface area (Å²) in [6, 6.07) is 15.9. The second-order valence-electron chi connectivity index (χ2n) is 6.59. The van der Waals surface area contributed by atoms with Crippen molar-refractivity contribution in [2.75, 3.05) is 6.61 Å². The number of hydrogen-bond acceptors (Lipinski definition) is 5. The van der Waals surface area contributed by atoms with Crippen molar-refractivity contribution in [3.8, 4) is 0 Å². The van der Waals surface area contributed by atoms with Gasteiger partial charge in [-0.2, -0.15) is 0 Å². The summed E-state index contributed by atoms with van der Waals surface area (Å²) in [5.41, 5.74) is -1.07. The van der Waals surface area contributed by atoms with Gasteiger partial charge in [0.05, 0.1) is 5.56 Å². The molecule has 6 nitrogen and oxygen atoms in total. The predicted octanol–water partition coefficient (Wildman–Crippen LogP) is 2.51. The maximum Gasteiger partial charge on any atom is 0.339 e. The molecule has 0 radical (unpaired) electrons. The molecular weight excluding hydrogens is 336 g/mol. The van der Waals surface area contributed by atoms with Crippen molar-refractivity contribution in [1.29, 1.82) is 0 Å². The normalized spacial score (nSPS) is 22.2. The number of carbonyl (C=O) groups excluding carboxylic acids is 2. The van der Waals surface area contributed by atoms with E-state index < -0.39 is 28.9 Å². The Morgan fingerprint density at radius 2 is 1.69 bits per heavy atom. The summed E-state index contributed by atoms with van der Waals surface area (Å²) in [6.07, 6.45) is 0.520. The van der Waals surface area contributed by atoms with E-state index >= 15 is 0 Å². The number of cyclic esters (lactones) is 1. The molecule has 6 heteroatoms. The van der Waals surface area contributed by atoms with Gasteiger partial charge in [-0.25, -0.2) is 4.79 Å². The number of carbonyl (C=O) groups is 3. The monoisotopic (exact) mass is 352 g/mol. The molecule has 2 aliphatic rings. The first kappa shape index (κ1) is 16.3. The van der Waals surface area contributed by atoms with Crippen molar-refractivity contribution in [2.45, 2.75) is 18.4 Å². The maximum absolute atomic E-state index is 12.4. The Morgan fingerprint density at radius 3 is 2.35 bits per heavy atom. The van der Waals surface area contributed by atoms with Crippen LogP contribution in [0.3, 0.4) is 0 Å². The number of fused-ring (bicyclic) bond motifs is 1. The van der Waals surface area contributed by atoms with E-state index in [0.29, 0.717) is 16.7 Å². The van der Waals surface area contributed by atoms with E-state index in [-0.39, 0.29) is 19.4 Å². The number of carboxylic acid groups (broad SMARTS) is 1. The summed E-state index contributed by atoms with van der Waals surface area (Å²) >= 11 is 0. The number of hydrogen-bond donors (Lipinski definition) is 1. The van der Waals surface area contributed by atoms with Gasteiger partial charge in [-0.3, -0.25) is 9.59 Å². The molecule has 1 heterocycles. The average molecular weight is 352 g/mol. The molecular formula is C20H16O6. The zero-order chi connectivity index (χ0) is 18.4. The van der Waals surface area contributed by atoms with Crippen molar-refractivity contribution < 1.29 is 29.0 Å². The topological polar surface area (TPSA) is 89.9 Å². The molecule has 1 unspecified atom stereocenters. The molecule has 0 bridgehead atoms. The Balaban J connectivity index is 1.71. The van der Waals surface area contributed by atoms with E-state index in [4.69, 9.17) is 9.47 Å². The number of rotatable bonds is 5. The number of aliphatic carboxylic acids is 1. The summed E-state index contributed by atoms with van der Waals surface area (Å²) in [6.45, 7) is -0.270. The van der Waals surface area contributed by atoms with Gasteiger partial charge in [0.1, 0.15) is 6.61 Å². The van der Waals surface area contributed by atoms with Crippen LogP contribution >= 0.6 is 0 Å². The van der Waals surface area contributed by atoms with Crippen LogP contribution in [0, 0.1) is 5.41 Å². The molecule has 1 N–H and O–H groups in total. The molecule has 132 valence electrons. The Hall–Kier alpha value is -3.15. The fraction of sp³-hybridized carbons (Fsp3) is 0.250. The molecule has 1 atom stereocenters. The molecule has 0 aromatic heterocycles.